The predicted octanol–water partition coefficient (Wildman–Crippen LogP) is 4.39. The molecule has 2 rings (SSSR count). The number of esters is 1. The second kappa shape index (κ2) is 10.6. The highest BCUT2D eigenvalue weighted by atomic mass is 35.5. The number of hydrogen-bond donors (Lipinski definition) is 1. The second-order valence-electron chi connectivity index (χ2n) is 6.08. The van der Waals surface area contributed by atoms with Crippen molar-refractivity contribution in [3.63, 3.8) is 0 Å². The average Bonchev–Trinajstić information content (AvgIpc) is 2.66. The van der Waals surface area contributed by atoms with Crippen molar-refractivity contribution in [3.05, 3.63) is 53.1 Å². The summed E-state index contributed by atoms with van der Waals surface area (Å²) in [5.74, 6) is 0.435. The van der Waals surface area contributed by atoms with E-state index in [1.807, 2.05) is 13.8 Å². The fourth-order valence-electron chi connectivity index (χ4n) is 2.32. The first kappa shape index (κ1) is 21.6. The Labute approximate surface area is 169 Å². The number of halogens is 1. The summed E-state index contributed by atoms with van der Waals surface area (Å²) >= 11 is 5.94. The summed E-state index contributed by atoms with van der Waals surface area (Å²) in [4.78, 5) is 24.2. The molecule has 2 aromatic rings. The Morgan fingerprint density at radius 1 is 1.07 bits per heavy atom. The van der Waals surface area contributed by atoms with Gasteiger partial charge in [-0.05, 0) is 62.7 Å². The molecule has 2 aromatic carbocycles. The van der Waals surface area contributed by atoms with Crippen LogP contribution in [-0.2, 0) is 14.3 Å². The van der Waals surface area contributed by atoms with Crippen molar-refractivity contribution in [1.29, 1.82) is 0 Å². The maximum Gasteiger partial charge on any atom is 0.310 e. The van der Waals surface area contributed by atoms with Gasteiger partial charge in [-0.3, -0.25) is 9.59 Å². The first-order valence-electron chi connectivity index (χ1n) is 9.01. The van der Waals surface area contributed by atoms with Crippen molar-refractivity contribution in [2.24, 2.45) is 0 Å². The molecule has 0 bridgehead atoms. The van der Waals surface area contributed by atoms with Gasteiger partial charge < -0.3 is 19.5 Å². The second-order valence-corrected chi connectivity index (χ2v) is 6.52. The van der Waals surface area contributed by atoms with Crippen LogP contribution >= 0.6 is 11.6 Å². The number of aryl methyl sites for hydroxylation is 1. The summed E-state index contributed by atoms with van der Waals surface area (Å²) in [5.41, 5.74) is 1.44. The molecule has 1 amide bonds. The molecule has 6 nitrogen and oxygen atoms in total. The summed E-state index contributed by atoms with van der Waals surface area (Å²) < 4.78 is 16.0. The molecule has 0 saturated heterocycles. The van der Waals surface area contributed by atoms with E-state index in [4.69, 9.17) is 25.8 Å². The van der Waals surface area contributed by atoms with Gasteiger partial charge in [0.25, 0.3) is 5.91 Å². The molecule has 1 atom stereocenters. The van der Waals surface area contributed by atoms with Crippen LogP contribution in [0.3, 0.4) is 0 Å². The summed E-state index contributed by atoms with van der Waals surface area (Å²) in [7, 11) is 0. The molecule has 0 spiro atoms. The molecule has 1 unspecified atom stereocenters. The Hall–Kier alpha value is -2.73. The van der Waals surface area contributed by atoms with E-state index in [-0.39, 0.29) is 13.0 Å². The normalized spacial score (nSPS) is 11.4. The Morgan fingerprint density at radius 2 is 1.71 bits per heavy atom. The quantitative estimate of drug-likeness (QED) is 0.626. The highest BCUT2D eigenvalue weighted by Crippen LogP contribution is 2.21. The van der Waals surface area contributed by atoms with Gasteiger partial charge in [-0.2, -0.15) is 0 Å². The third-order valence-corrected chi connectivity index (χ3v) is 4.08. The van der Waals surface area contributed by atoms with E-state index in [1.165, 1.54) is 6.92 Å². The maximum atomic E-state index is 12.2. The summed E-state index contributed by atoms with van der Waals surface area (Å²) in [6.07, 6.45) is -0.905. The lowest BCUT2D eigenvalue weighted by molar-refractivity contribution is -0.153. The zero-order chi connectivity index (χ0) is 20.5. The fourth-order valence-corrected chi connectivity index (χ4v) is 2.50. The van der Waals surface area contributed by atoms with Crippen LogP contribution in [0.5, 0.6) is 11.5 Å². The van der Waals surface area contributed by atoms with E-state index >= 15 is 0 Å². The monoisotopic (exact) mass is 405 g/mol. The van der Waals surface area contributed by atoms with E-state index in [9.17, 15) is 9.59 Å². The van der Waals surface area contributed by atoms with Crippen LogP contribution in [-0.4, -0.2) is 31.2 Å². The molecule has 0 aromatic heterocycles. The van der Waals surface area contributed by atoms with Crippen LogP contribution in [0.2, 0.25) is 5.02 Å². The third-order valence-electron chi connectivity index (χ3n) is 3.84. The van der Waals surface area contributed by atoms with Gasteiger partial charge in [-0.25, -0.2) is 0 Å². The van der Waals surface area contributed by atoms with Gasteiger partial charge in [0.2, 0.25) is 0 Å². The molecule has 0 heterocycles. The fraction of sp³-hybridized carbons (Fsp3) is 0.333. The van der Waals surface area contributed by atoms with Crippen LogP contribution in [0, 0.1) is 6.92 Å². The smallest absolute Gasteiger partial charge is 0.310 e. The number of hydrogen-bond acceptors (Lipinski definition) is 5. The lowest BCUT2D eigenvalue weighted by atomic mass is 10.2. The van der Waals surface area contributed by atoms with Gasteiger partial charge in [-0.1, -0.05) is 17.7 Å². The topological polar surface area (TPSA) is 73.9 Å². The number of ether oxygens (including phenoxy) is 3. The largest absolute Gasteiger partial charge is 0.494 e. The number of amides is 1. The van der Waals surface area contributed by atoms with Crippen molar-refractivity contribution in [2.45, 2.75) is 33.3 Å². The average molecular weight is 406 g/mol. The first-order chi connectivity index (χ1) is 13.4. The first-order valence-corrected chi connectivity index (χ1v) is 9.39. The molecule has 0 aliphatic carbocycles. The summed E-state index contributed by atoms with van der Waals surface area (Å²) in [5, 5.41) is 3.22. The molecule has 0 saturated carbocycles. The molecule has 0 aliphatic rings. The molecule has 7 heteroatoms. The van der Waals surface area contributed by atoms with Crippen LogP contribution < -0.4 is 14.8 Å². The number of anilines is 1. The zero-order valence-electron chi connectivity index (χ0n) is 16.2. The molecule has 150 valence electrons. The Morgan fingerprint density at radius 3 is 2.36 bits per heavy atom. The van der Waals surface area contributed by atoms with Gasteiger partial charge >= 0.3 is 5.97 Å². The molecule has 28 heavy (non-hydrogen) atoms. The third kappa shape index (κ3) is 6.78. The number of carbonyl (C=O) groups excluding carboxylic acids is 2. The number of benzene rings is 2. The van der Waals surface area contributed by atoms with Crippen molar-refractivity contribution in [3.8, 4) is 11.5 Å². The Balaban J connectivity index is 1.75. The summed E-state index contributed by atoms with van der Waals surface area (Å²) in [6, 6.07) is 12.3. The van der Waals surface area contributed by atoms with Crippen molar-refractivity contribution < 1.29 is 23.8 Å². The zero-order valence-corrected chi connectivity index (χ0v) is 16.9. The SMILES string of the molecule is CCOc1ccc(OCCC(=O)OC(C)C(=O)Nc2cc(Cl)ccc2C)cc1. The van der Waals surface area contributed by atoms with Crippen LogP contribution in [0.4, 0.5) is 5.69 Å². The van der Waals surface area contributed by atoms with Crippen LogP contribution in [0.1, 0.15) is 25.8 Å². The maximum absolute atomic E-state index is 12.2. The lowest BCUT2D eigenvalue weighted by Gasteiger charge is -2.15. The minimum Gasteiger partial charge on any atom is -0.494 e. The van der Waals surface area contributed by atoms with E-state index in [1.54, 1.807) is 42.5 Å². The molecular formula is C21H24ClNO5. The highest BCUT2D eigenvalue weighted by Gasteiger charge is 2.18. The predicted molar refractivity (Wildman–Crippen MR) is 108 cm³/mol. The molecule has 1 N–H and O–H groups in total. The molecule has 0 aliphatic heterocycles. The van der Waals surface area contributed by atoms with E-state index in [0.29, 0.717) is 23.1 Å². The van der Waals surface area contributed by atoms with Crippen LogP contribution in [0.15, 0.2) is 42.5 Å². The molecule has 0 radical (unpaired) electrons. The number of rotatable bonds is 9. The Bertz CT molecular complexity index is 807. The van der Waals surface area contributed by atoms with Crippen molar-refractivity contribution in [2.75, 3.05) is 18.5 Å². The van der Waals surface area contributed by atoms with Gasteiger partial charge in [-0.15, -0.1) is 0 Å². The van der Waals surface area contributed by atoms with E-state index in [0.717, 1.165) is 11.3 Å². The molecule has 0 fully saturated rings. The highest BCUT2D eigenvalue weighted by molar-refractivity contribution is 6.31. The van der Waals surface area contributed by atoms with Crippen molar-refractivity contribution in [1.82, 2.24) is 0 Å². The number of nitrogens with one attached hydrogen (secondary N) is 1. The minimum atomic E-state index is -0.934. The standard InChI is InChI=1S/C21H24ClNO5/c1-4-26-17-7-9-18(10-8-17)27-12-11-20(24)28-15(3)21(25)23-19-13-16(22)6-5-14(19)2/h5-10,13,15H,4,11-12H2,1-3H3,(H,23,25). The molecular weight excluding hydrogens is 382 g/mol. The van der Waals surface area contributed by atoms with Gasteiger partial charge in [0.1, 0.15) is 11.5 Å². The van der Waals surface area contributed by atoms with E-state index in [2.05, 4.69) is 5.32 Å². The number of carbonyl (C=O) groups is 2. The van der Waals surface area contributed by atoms with Gasteiger partial charge in [0, 0.05) is 10.7 Å². The van der Waals surface area contributed by atoms with Gasteiger partial charge in [0.15, 0.2) is 6.10 Å². The Kier molecular flexibility index (Phi) is 8.14. The van der Waals surface area contributed by atoms with E-state index < -0.39 is 18.0 Å². The van der Waals surface area contributed by atoms with Crippen LogP contribution in [0.25, 0.3) is 0 Å². The minimum absolute atomic E-state index is 0.0288. The van der Waals surface area contributed by atoms with Gasteiger partial charge in [0.05, 0.1) is 19.6 Å². The van der Waals surface area contributed by atoms with Crippen molar-refractivity contribution >= 4 is 29.2 Å². The lowest BCUT2D eigenvalue weighted by Crippen LogP contribution is -2.30. The summed E-state index contributed by atoms with van der Waals surface area (Å²) in [6.45, 7) is 6.01.